The molecule has 1 aliphatic heterocycles. The highest BCUT2D eigenvalue weighted by atomic mass is 16.7. The van der Waals surface area contributed by atoms with Crippen LogP contribution < -0.4 is 14.8 Å². The van der Waals surface area contributed by atoms with Crippen molar-refractivity contribution in [3.05, 3.63) is 18.2 Å². The standard InChI is InChI=1S/C21H27NO5/c23-19(14-25-20(24)12-15-6-2-1-3-7-15)22-16-8-9-17-18(13-16)27-21(26-17)10-4-5-11-21/h8-9,13,15H,1-7,10-12,14H2,(H,22,23). The molecule has 146 valence electrons. The molecule has 1 aromatic rings. The molecule has 27 heavy (non-hydrogen) atoms. The fourth-order valence-electron chi connectivity index (χ4n) is 4.32. The molecule has 6 nitrogen and oxygen atoms in total. The Morgan fingerprint density at radius 3 is 2.56 bits per heavy atom. The van der Waals surface area contributed by atoms with E-state index in [2.05, 4.69) is 5.32 Å². The third kappa shape index (κ3) is 4.37. The van der Waals surface area contributed by atoms with Crippen molar-refractivity contribution in [3.63, 3.8) is 0 Å². The van der Waals surface area contributed by atoms with Gasteiger partial charge < -0.3 is 19.5 Å². The lowest BCUT2D eigenvalue weighted by molar-refractivity contribution is -0.148. The molecular formula is C21H27NO5. The Bertz CT molecular complexity index is 705. The molecule has 2 fully saturated rings. The van der Waals surface area contributed by atoms with Gasteiger partial charge in [0.05, 0.1) is 0 Å². The van der Waals surface area contributed by atoms with Crippen molar-refractivity contribution in [2.75, 3.05) is 11.9 Å². The molecule has 0 saturated heterocycles. The predicted octanol–water partition coefficient (Wildman–Crippen LogP) is 4.18. The fraction of sp³-hybridized carbons (Fsp3) is 0.619. The Morgan fingerprint density at radius 1 is 1.04 bits per heavy atom. The van der Waals surface area contributed by atoms with Crippen LogP contribution in [-0.4, -0.2) is 24.3 Å². The van der Waals surface area contributed by atoms with E-state index in [1.807, 2.05) is 6.07 Å². The van der Waals surface area contributed by atoms with Crippen molar-refractivity contribution in [2.24, 2.45) is 5.92 Å². The van der Waals surface area contributed by atoms with Crippen molar-refractivity contribution in [1.29, 1.82) is 0 Å². The Morgan fingerprint density at radius 2 is 1.78 bits per heavy atom. The lowest BCUT2D eigenvalue weighted by Crippen LogP contribution is -2.34. The van der Waals surface area contributed by atoms with E-state index in [9.17, 15) is 9.59 Å². The molecule has 3 aliphatic rings. The number of hydrogen-bond donors (Lipinski definition) is 1. The number of esters is 1. The summed E-state index contributed by atoms with van der Waals surface area (Å²) >= 11 is 0. The van der Waals surface area contributed by atoms with Gasteiger partial charge in [0.1, 0.15) is 0 Å². The lowest BCUT2D eigenvalue weighted by atomic mass is 9.87. The summed E-state index contributed by atoms with van der Waals surface area (Å²) < 4.78 is 17.1. The van der Waals surface area contributed by atoms with Crippen molar-refractivity contribution in [2.45, 2.75) is 70.0 Å². The van der Waals surface area contributed by atoms with Gasteiger partial charge in [0, 0.05) is 31.0 Å². The minimum Gasteiger partial charge on any atom is -0.456 e. The van der Waals surface area contributed by atoms with Gasteiger partial charge in [-0.2, -0.15) is 0 Å². The second-order valence-electron chi connectivity index (χ2n) is 7.90. The highest BCUT2D eigenvalue weighted by Crippen LogP contribution is 2.47. The van der Waals surface area contributed by atoms with Gasteiger partial charge in [-0.3, -0.25) is 9.59 Å². The molecular weight excluding hydrogens is 346 g/mol. The highest BCUT2D eigenvalue weighted by molar-refractivity contribution is 5.93. The van der Waals surface area contributed by atoms with Gasteiger partial charge in [-0.25, -0.2) is 0 Å². The summed E-state index contributed by atoms with van der Waals surface area (Å²) in [6.45, 7) is -0.260. The van der Waals surface area contributed by atoms with E-state index in [1.165, 1.54) is 19.3 Å². The third-order valence-corrected chi connectivity index (χ3v) is 5.73. The quantitative estimate of drug-likeness (QED) is 0.784. The summed E-state index contributed by atoms with van der Waals surface area (Å²) in [5.41, 5.74) is 0.612. The van der Waals surface area contributed by atoms with Crippen LogP contribution in [0, 0.1) is 5.92 Å². The van der Waals surface area contributed by atoms with Crippen LogP contribution in [0.25, 0.3) is 0 Å². The zero-order valence-electron chi connectivity index (χ0n) is 15.6. The summed E-state index contributed by atoms with van der Waals surface area (Å²) in [6.07, 6.45) is 10.2. The van der Waals surface area contributed by atoms with Crippen LogP contribution in [0.5, 0.6) is 11.5 Å². The number of ether oxygens (including phenoxy) is 3. The summed E-state index contributed by atoms with van der Waals surface area (Å²) in [5.74, 6) is 0.635. The van der Waals surface area contributed by atoms with Crippen LogP contribution in [0.1, 0.15) is 64.2 Å². The van der Waals surface area contributed by atoms with Gasteiger partial charge in [-0.15, -0.1) is 0 Å². The monoisotopic (exact) mass is 373 g/mol. The molecule has 1 aromatic carbocycles. The van der Waals surface area contributed by atoms with Crippen LogP contribution in [-0.2, 0) is 14.3 Å². The molecule has 4 rings (SSSR count). The van der Waals surface area contributed by atoms with Crippen LogP contribution in [0.2, 0.25) is 0 Å². The molecule has 0 radical (unpaired) electrons. The molecule has 0 atom stereocenters. The average Bonchev–Trinajstić information content (AvgIpc) is 3.26. The Hall–Kier alpha value is -2.24. The van der Waals surface area contributed by atoms with Gasteiger partial charge in [-0.05, 0) is 43.7 Å². The molecule has 2 aliphatic carbocycles. The van der Waals surface area contributed by atoms with Crippen LogP contribution in [0.15, 0.2) is 18.2 Å². The zero-order chi connectivity index (χ0) is 18.7. The minimum absolute atomic E-state index is 0.260. The SMILES string of the molecule is O=C(COC(=O)CC1CCCCC1)Nc1ccc2c(c1)OC1(CCCC1)O2. The first-order chi connectivity index (χ1) is 13.1. The Balaban J connectivity index is 1.25. The van der Waals surface area contributed by atoms with Crippen molar-refractivity contribution in [3.8, 4) is 11.5 Å². The van der Waals surface area contributed by atoms with Gasteiger partial charge in [0.15, 0.2) is 18.1 Å². The van der Waals surface area contributed by atoms with E-state index < -0.39 is 5.79 Å². The second kappa shape index (κ2) is 7.79. The van der Waals surface area contributed by atoms with Crippen LogP contribution in [0.3, 0.4) is 0 Å². The maximum Gasteiger partial charge on any atom is 0.306 e. The Kier molecular flexibility index (Phi) is 5.23. The molecule has 1 amide bonds. The smallest absolute Gasteiger partial charge is 0.306 e. The number of hydrogen-bond acceptors (Lipinski definition) is 5. The molecule has 1 heterocycles. The fourth-order valence-corrected chi connectivity index (χ4v) is 4.32. The largest absolute Gasteiger partial charge is 0.456 e. The minimum atomic E-state index is -0.514. The van der Waals surface area contributed by atoms with Gasteiger partial charge in [-0.1, -0.05) is 19.3 Å². The van der Waals surface area contributed by atoms with E-state index >= 15 is 0 Å². The zero-order valence-corrected chi connectivity index (χ0v) is 15.6. The number of fused-ring (bicyclic) bond motifs is 1. The summed E-state index contributed by atoms with van der Waals surface area (Å²) in [7, 11) is 0. The summed E-state index contributed by atoms with van der Waals surface area (Å²) in [4.78, 5) is 24.0. The number of rotatable bonds is 5. The molecule has 0 bridgehead atoms. The number of carbonyl (C=O) groups excluding carboxylic acids is 2. The van der Waals surface area contributed by atoms with Crippen LogP contribution >= 0.6 is 0 Å². The van der Waals surface area contributed by atoms with Crippen molar-refractivity contribution in [1.82, 2.24) is 0 Å². The van der Waals surface area contributed by atoms with E-state index in [-0.39, 0.29) is 18.5 Å². The van der Waals surface area contributed by atoms with E-state index in [0.717, 1.165) is 38.5 Å². The van der Waals surface area contributed by atoms with Crippen molar-refractivity contribution < 1.29 is 23.8 Å². The van der Waals surface area contributed by atoms with E-state index in [4.69, 9.17) is 14.2 Å². The number of anilines is 1. The maximum absolute atomic E-state index is 12.1. The number of carbonyl (C=O) groups is 2. The first kappa shape index (κ1) is 18.1. The normalized spacial score (nSPS) is 20.6. The van der Waals surface area contributed by atoms with Gasteiger partial charge >= 0.3 is 5.97 Å². The maximum atomic E-state index is 12.1. The summed E-state index contributed by atoms with van der Waals surface area (Å²) in [5, 5.41) is 2.76. The van der Waals surface area contributed by atoms with Crippen LogP contribution in [0.4, 0.5) is 5.69 Å². The topological polar surface area (TPSA) is 73.9 Å². The molecule has 6 heteroatoms. The average molecular weight is 373 g/mol. The van der Waals surface area contributed by atoms with Crippen molar-refractivity contribution >= 4 is 17.6 Å². The third-order valence-electron chi connectivity index (χ3n) is 5.73. The molecule has 0 unspecified atom stereocenters. The molecule has 2 saturated carbocycles. The van der Waals surface area contributed by atoms with Gasteiger partial charge in [0.2, 0.25) is 0 Å². The first-order valence-electron chi connectivity index (χ1n) is 10.1. The predicted molar refractivity (Wildman–Crippen MR) is 99.7 cm³/mol. The second-order valence-corrected chi connectivity index (χ2v) is 7.90. The molecule has 1 N–H and O–H groups in total. The Labute approximate surface area is 159 Å². The van der Waals surface area contributed by atoms with E-state index in [0.29, 0.717) is 29.5 Å². The molecule has 0 aromatic heterocycles. The first-order valence-corrected chi connectivity index (χ1v) is 10.1. The number of amides is 1. The highest BCUT2D eigenvalue weighted by Gasteiger charge is 2.44. The summed E-state index contributed by atoms with van der Waals surface area (Å²) in [6, 6.07) is 5.36. The van der Waals surface area contributed by atoms with Gasteiger partial charge in [0.25, 0.3) is 11.7 Å². The number of nitrogens with one attached hydrogen (secondary N) is 1. The lowest BCUT2D eigenvalue weighted by Gasteiger charge is -2.21. The van der Waals surface area contributed by atoms with E-state index in [1.54, 1.807) is 12.1 Å². The number of benzene rings is 1. The molecule has 1 spiro atoms.